The standard InChI is InChI=1S/C23H25F3N4O2.ClH/c1-14-11-18(23(24,25)26)20(27-12-14)29-7-9-30(10-8-29)22(32)17-5-3-16(4-6-17)19-15(2)13-28-21(19)31;/h3-6,11-12,15,19H,7-10,13H2,1-2H3,(H,28,31);1H/t15?,19-;/m1./s1. The smallest absolute Gasteiger partial charge is 0.355 e. The fourth-order valence-electron chi connectivity index (χ4n) is 4.39. The normalized spacial score (nSPS) is 20.9. The van der Waals surface area contributed by atoms with Crippen molar-refractivity contribution in [2.24, 2.45) is 5.92 Å². The van der Waals surface area contributed by atoms with Gasteiger partial charge in [-0.05, 0) is 42.2 Å². The molecule has 0 saturated carbocycles. The maximum absolute atomic E-state index is 13.4. The predicted octanol–water partition coefficient (Wildman–Crippen LogP) is 3.64. The van der Waals surface area contributed by atoms with Crippen molar-refractivity contribution in [3.63, 3.8) is 0 Å². The molecule has 0 aliphatic carbocycles. The van der Waals surface area contributed by atoms with E-state index in [1.54, 1.807) is 41.0 Å². The maximum Gasteiger partial charge on any atom is 0.419 e. The van der Waals surface area contributed by atoms with Gasteiger partial charge in [-0.1, -0.05) is 19.1 Å². The summed E-state index contributed by atoms with van der Waals surface area (Å²) in [6.45, 7) is 5.36. The molecule has 6 nitrogen and oxygen atoms in total. The van der Waals surface area contributed by atoms with Crippen molar-refractivity contribution >= 4 is 30.0 Å². The molecule has 2 saturated heterocycles. The minimum absolute atomic E-state index is 0. The predicted molar refractivity (Wildman–Crippen MR) is 121 cm³/mol. The molecule has 1 aromatic carbocycles. The number of anilines is 1. The molecule has 33 heavy (non-hydrogen) atoms. The second-order valence-electron chi connectivity index (χ2n) is 8.48. The number of piperazine rings is 1. The van der Waals surface area contributed by atoms with E-state index in [0.29, 0.717) is 30.8 Å². The minimum atomic E-state index is -4.49. The lowest BCUT2D eigenvalue weighted by molar-refractivity contribution is -0.137. The first-order chi connectivity index (χ1) is 15.1. The molecule has 4 rings (SSSR count). The van der Waals surface area contributed by atoms with Crippen LogP contribution in [0.4, 0.5) is 19.0 Å². The van der Waals surface area contributed by atoms with Crippen LogP contribution in [0.15, 0.2) is 36.5 Å². The first kappa shape index (κ1) is 24.8. The zero-order valence-corrected chi connectivity index (χ0v) is 19.2. The Labute approximate surface area is 196 Å². The number of carbonyl (C=O) groups excluding carboxylic acids is 2. The molecule has 2 atom stereocenters. The van der Waals surface area contributed by atoms with Crippen LogP contribution < -0.4 is 10.2 Å². The molecular formula is C23H26ClF3N4O2. The Bertz CT molecular complexity index is 1020. The van der Waals surface area contributed by atoms with Crippen LogP contribution in [0.1, 0.15) is 39.9 Å². The molecule has 2 aliphatic heterocycles. The number of hydrogen-bond acceptors (Lipinski definition) is 4. The van der Waals surface area contributed by atoms with Gasteiger partial charge < -0.3 is 15.1 Å². The van der Waals surface area contributed by atoms with Crippen LogP contribution in [0.25, 0.3) is 0 Å². The zero-order valence-electron chi connectivity index (χ0n) is 18.4. The Kier molecular flexibility index (Phi) is 7.21. The molecule has 0 radical (unpaired) electrons. The van der Waals surface area contributed by atoms with E-state index >= 15 is 0 Å². The highest BCUT2D eigenvalue weighted by molar-refractivity contribution is 5.94. The Balaban J connectivity index is 0.00000306. The van der Waals surface area contributed by atoms with E-state index < -0.39 is 11.7 Å². The highest BCUT2D eigenvalue weighted by Gasteiger charge is 2.37. The Morgan fingerprint density at radius 2 is 1.76 bits per heavy atom. The lowest BCUT2D eigenvalue weighted by atomic mass is 9.89. The first-order valence-electron chi connectivity index (χ1n) is 10.6. The van der Waals surface area contributed by atoms with E-state index in [1.807, 2.05) is 6.92 Å². The van der Waals surface area contributed by atoms with Crippen molar-refractivity contribution < 1.29 is 22.8 Å². The van der Waals surface area contributed by atoms with E-state index in [0.717, 1.165) is 11.6 Å². The summed E-state index contributed by atoms with van der Waals surface area (Å²) in [5.41, 5.74) is 1.07. The number of nitrogens with zero attached hydrogens (tertiary/aromatic N) is 3. The van der Waals surface area contributed by atoms with E-state index in [1.165, 1.54) is 6.20 Å². The summed E-state index contributed by atoms with van der Waals surface area (Å²) in [6.07, 6.45) is -3.06. The summed E-state index contributed by atoms with van der Waals surface area (Å²) in [7, 11) is 0. The molecule has 2 amide bonds. The van der Waals surface area contributed by atoms with Crippen molar-refractivity contribution in [2.75, 3.05) is 37.6 Å². The van der Waals surface area contributed by atoms with E-state index in [4.69, 9.17) is 0 Å². The molecular weight excluding hydrogens is 457 g/mol. The number of alkyl halides is 3. The second-order valence-corrected chi connectivity index (χ2v) is 8.48. The molecule has 2 aliphatic rings. The van der Waals surface area contributed by atoms with Crippen LogP contribution >= 0.6 is 12.4 Å². The highest BCUT2D eigenvalue weighted by Crippen LogP contribution is 2.36. The first-order valence-corrected chi connectivity index (χ1v) is 10.6. The van der Waals surface area contributed by atoms with Crippen LogP contribution in [0, 0.1) is 12.8 Å². The summed E-state index contributed by atoms with van der Waals surface area (Å²) in [5.74, 6) is -0.297. The number of aromatic nitrogens is 1. The topological polar surface area (TPSA) is 65.5 Å². The van der Waals surface area contributed by atoms with Crippen molar-refractivity contribution in [1.82, 2.24) is 15.2 Å². The number of benzene rings is 1. The molecule has 2 aromatic rings. The van der Waals surface area contributed by atoms with Crippen LogP contribution in [-0.4, -0.2) is 54.4 Å². The quantitative estimate of drug-likeness (QED) is 0.725. The van der Waals surface area contributed by atoms with Crippen molar-refractivity contribution in [2.45, 2.75) is 25.9 Å². The molecule has 3 heterocycles. The molecule has 1 aromatic heterocycles. The molecule has 178 valence electrons. The van der Waals surface area contributed by atoms with E-state index in [2.05, 4.69) is 10.3 Å². The summed E-state index contributed by atoms with van der Waals surface area (Å²) in [4.78, 5) is 32.2. The van der Waals surface area contributed by atoms with E-state index in [-0.39, 0.29) is 55.0 Å². The summed E-state index contributed by atoms with van der Waals surface area (Å²) >= 11 is 0. The molecule has 0 bridgehead atoms. The van der Waals surface area contributed by atoms with E-state index in [9.17, 15) is 22.8 Å². The lowest BCUT2D eigenvalue weighted by Crippen LogP contribution is -2.49. The fraction of sp³-hybridized carbons (Fsp3) is 0.435. The van der Waals surface area contributed by atoms with Crippen molar-refractivity contribution in [3.05, 3.63) is 58.8 Å². The fourth-order valence-corrected chi connectivity index (χ4v) is 4.39. The van der Waals surface area contributed by atoms with Crippen LogP contribution in [0.3, 0.4) is 0 Å². The van der Waals surface area contributed by atoms with Crippen LogP contribution in [-0.2, 0) is 11.0 Å². The third kappa shape index (κ3) is 5.08. The van der Waals surface area contributed by atoms with Gasteiger partial charge in [0, 0.05) is 44.5 Å². The summed E-state index contributed by atoms with van der Waals surface area (Å²) in [6, 6.07) is 8.15. The van der Waals surface area contributed by atoms with Gasteiger partial charge >= 0.3 is 6.18 Å². The lowest BCUT2D eigenvalue weighted by Gasteiger charge is -2.36. The number of amides is 2. The van der Waals surface area contributed by atoms with Gasteiger partial charge in [-0.2, -0.15) is 13.2 Å². The Morgan fingerprint density at radius 1 is 1.12 bits per heavy atom. The molecule has 2 fully saturated rings. The Hall–Kier alpha value is -2.81. The number of hydrogen-bond donors (Lipinski definition) is 1. The van der Waals surface area contributed by atoms with Crippen LogP contribution in [0.5, 0.6) is 0 Å². The average Bonchev–Trinajstić information content (AvgIpc) is 3.11. The number of aryl methyl sites for hydroxylation is 1. The molecule has 10 heteroatoms. The average molecular weight is 483 g/mol. The number of carbonyl (C=O) groups is 2. The summed E-state index contributed by atoms with van der Waals surface area (Å²) < 4.78 is 40.3. The Morgan fingerprint density at radius 3 is 2.30 bits per heavy atom. The second kappa shape index (κ2) is 9.59. The number of rotatable bonds is 3. The molecule has 1 unspecified atom stereocenters. The van der Waals surface area contributed by atoms with Gasteiger partial charge in [0.2, 0.25) is 5.91 Å². The monoisotopic (exact) mass is 482 g/mol. The zero-order chi connectivity index (χ0) is 23.0. The number of halogens is 4. The summed E-state index contributed by atoms with van der Waals surface area (Å²) in [5, 5.41) is 2.85. The number of nitrogens with one attached hydrogen (secondary N) is 1. The van der Waals surface area contributed by atoms with Crippen LogP contribution in [0.2, 0.25) is 0 Å². The van der Waals surface area contributed by atoms with Gasteiger partial charge in [0.25, 0.3) is 5.91 Å². The van der Waals surface area contributed by atoms with Crippen molar-refractivity contribution in [3.8, 4) is 0 Å². The number of pyridine rings is 1. The van der Waals surface area contributed by atoms with Gasteiger partial charge in [-0.3, -0.25) is 9.59 Å². The maximum atomic E-state index is 13.4. The van der Waals surface area contributed by atoms with Gasteiger partial charge in [-0.15, -0.1) is 12.4 Å². The molecule has 0 spiro atoms. The molecule has 1 N–H and O–H groups in total. The van der Waals surface area contributed by atoms with Gasteiger partial charge in [0.1, 0.15) is 5.82 Å². The van der Waals surface area contributed by atoms with Gasteiger partial charge in [0.05, 0.1) is 11.5 Å². The van der Waals surface area contributed by atoms with Gasteiger partial charge in [-0.25, -0.2) is 4.98 Å². The SMILES string of the molecule is Cc1cnc(N2CCN(C(=O)c3ccc([C@@H]4C(=O)NCC4C)cc3)CC2)c(C(F)(F)F)c1.Cl. The van der Waals surface area contributed by atoms with Crippen molar-refractivity contribution in [1.29, 1.82) is 0 Å². The third-order valence-corrected chi connectivity index (χ3v) is 6.14. The van der Waals surface area contributed by atoms with Gasteiger partial charge in [0.15, 0.2) is 0 Å². The minimum Gasteiger partial charge on any atom is -0.355 e. The highest BCUT2D eigenvalue weighted by atomic mass is 35.5. The largest absolute Gasteiger partial charge is 0.419 e. The third-order valence-electron chi connectivity index (χ3n) is 6.14.